The van der Waals surface area contributed by atoms with Crippen molar-refractivity contribution in [2.24, 2.45) is 5.92 Å². The Morgan fingerprint density at radius 3 is 2.48 bits per heavy atom. The average Bonchev–Trinajstić information content (AvgIpc) is 3.01. The molecule has 1 unspecified atom stereocenters. The number of hydrogen-bond donors (Lipinski definition) is 1. The fourth-order valence-corrected chi connectivity index (χ4v) is 4.38. The molecule has 1 fully saturated rings. The van der Waals surface area contributed by atoms with Crippen molar-refractivity contribution in [1.82, 2.24) is 24.9 Å². The van der Waals surface area contributed by atoms with Gasteiger partial charge < -0.3 is 29.5 Å². The van der Waals surface area contributed by atoms with Crippen LogP contribution in [0.15, 0.2) is 54.5 Å². The van der Waals surface area contributed by atoms with E-state index >= 15 is 0 Å². The van der Waals surface area contributed by atoms with Gasteiger partial charge in [-0.3, -0.25) is 14.5 Å². The molecule has 14 heteroatoms. The van der Waals surface area contributed by atoms with Gasteiger partial charge in [0.15, 0.2) is 0 Å². The summed E-state index contributed by atoms with van der Waals surface area (Å²) in [6, 6.07) is -0.0923. The summed E-state index contributed by atoms with van der Waals surface area (Å²) in [6.45, 7) is 10.8. The van der Waals surface area contributed by atoms with E-state index in [-0.39, 0.29) is 33.0 Å². The molecular weight excluding hydrogens is 610 g/mol. The number of alkyl halides is 3. The number of likely N-dealkylation sites (N-methyl/N-ethyl adjacent to an activating group) is 1. The minimum absolute atomic E-state index is 0.00125. The lowest BCUT2D eigenvalue weighted by atomic mass is 10.0. The van der Waals surface area contributed by atoms with Gasteiger partial charge in [-0.25, -0.2) is 9.18 Å². The summed E-state index contributed by atoms with van der Waals surface area (Å²) in [7, 11) is 5.43. The lowest BCUT2D eigenvalue weighted by Gasteiger charge is -2.32. The van der Waals surface area contributed by atoms with E-state index < -0.39 is 52.9 Å². The van der Waals surface area contributed by atoms with Gasteiger partial charge in [-0.05, 0) is 69.8 Å². The standard InChI is InChI=1S/C32H45F4N5O5/c1-8-25(46-19-17-38(5)6)12-10-23(4)41-16-15-40(14-9-18-45-21-39(7)31(41)44)30(43)28(22(2)3)37-29(42)26-20-24(32(34,35)36)11-13-27(26)33/h8,10-13,20,22,28H,4,9,14-19,21H2,1-3,5-7H3,(H,37,42). The summed E-state index contributed by atoms with van der Waals surface area (Å²) >= 11 is 0. The molecule has 256 valence electrons. The number of allylic oxidation sites excluding steroid dienone is 3. The number of amides is 4. The van der Waals surface area contributed by atoms with E-state index in [2.05, 4.69) is 11.9 Å². The van der Waals surface area contributed by atoms with Crippen LogP contribution in [0, 0.1) is 11.7 Å². The summed E-state index contributed by atoms with van der Waals surface area (Å²) in [5.41, 5.74) is -1.69. The zero-order valence-electron chi connectivity index (χ0n) is 27.3. The van der Waals surface area contributed by atoms with Gasteiger partial charge in [0.05, 0.1) is 17.7 Å². The summed E-state index contributed by atoms with van der Waals surface area (Å²) in [6.07, 6.45) is 0.713. The van der Waals surface area contributed by atoms with Crippen LogP contribution in [0.1, 0.15) is 43.1 Å². The highest BCUT2D eigenvalue weighted by Gasteiger charge is 2.34. The summed E-state index contributed by atoms with van der Waals surface area (Å²) < 4.78 is 65.5. The monoisotopic (exact) mass is 655 g/mol. The van der Waals surface area contributed by atoms with E-state index in [1.54, 1.807) is 39.1 Å². The van der Waals surface area contributed by atoms with Crippen LogP contribution in [0.5, 0.6) is 0 Å². The molecule has 0 aliphatic carbocycles. The highest BCUT2D eigenvalue weighted by atomic mass is 19.4. The molecule has 2 rings (SSSR count). The fraction of sp³-hybridized carbons (Fsp3) is 0.531. The van der Waals surface area contributed by atoms with Crippen molar-refractivity contribution in [2.75, 3.05) is 67.3 Å². The lowest BCUT2D eigenvalue weighted by molar-refractivity contribution is -0.137. The second-order valence-electron chi connectivity index (χ2n) is 11.4. The number of carbonyl (C=O) groups excluding carboxylic acids is 3. The third-order valence-electron chi connectivity index (χ3n) is 7.10. The van der Waals surface area contributed by atoms with Crippen LogP contribution in [0.2, 0.25) is 0 Å². The molecule has 0 aromatic heterocycles. The highest BCUT2D eigenvalue weighted by molar-refractivity contribution is 5.98. The molecule has 10 nitrogen and oxygen atoms in total. The van der Waals surface area contributed by atoms with Crippen molar-refractivity contribution in [3.8, 4) is 0 Å². The SMILES string of the molecule is C=C(C=CC(=CC)OCCN(C)C)N1CCN(C(=O)C(NC(=O)c2cc(C(F)(F)F)ccc2F)C(C)C)CCCOCN(C)C1=O. The van der Waals surface area contributed by atoms with Crippen molar-refractivity contribution in [2.45, 2.75) is 39.4 Å². The molecule has 4 amide bonds. The van der Waals surface area contributed by atoms with Gasteiger partial charge in [0, 0.05) is 38.9 Å². The topological polar surface area (TPSA) is 94.7 Å². The van der Waals surface area contributed by atoms with Crippen LogP contribution < -0.4 is 5.32 Å². The molecular formula is C32H45F4N5O5. The quantitative estimate of drug-likeness (QED) is 0.211. The van der Waals surface area contributed by atoms with Gasteiger partial charge in [0.25, 0.3) is 5.91 Å². The molecule has 1 N–H and O–H groups in total. The van der Waals surface area contributed by atoms with Crippen molar-refractivity contribution in [3.63, 3.8) is 0 Å². The molecule has 1 aliphatic heterocycles. The minimum Gasteiger partial charge on any atom is -0.493 e. The Labute approximate surface area is 268 Å². The minimum atomic E-state index is -4.79. The van der Waals surface area contributed by atoms with Crippen LogP contribution in [0.25, 0.3) is 0 Å². The number of benzene rings is 1. The molecule has 1 saturated heterocycles. The Balaban J connectivity index is 2.29. The molecule has 1 aromatic rings. The fourth-order valence-electron chi connectivity index (χ4n) is 4.38. The number of carbonyl (C=O) groups is 3. The number of hydrogen-bond acceptors (Lipinski definition) is 6. The maximum absolute atomic E-state index is 14.4. The first-order chi connectivity index (χ1) is 21.6. The summed E-state index contributed by atoms with van der Waals surface area (Å²) in [4.78, 5) is 46.4. The lowest BCUT2D eigenvalue weighted by Crippen LogP contribution is -2.53. The van der Waals surface area contributed by atoms with E-state index in [0.717, 1.165) is 0 Å². The summed E-state index contributed by atoms with van der Waals surface area (Å²) in [5.74, 6) is -2.77. The molecule has 1 heterocycles. The van der Waals surface area contributed by atoms with Crippen molar-refractivity contribution < 1.29 is 41.4 Å². The highest BCUT2D eigenvalue weighted by Crippen LogP contribution is 2.30. The van der Waals surface area contributed by atoms with Gasteiger partial charge >= 0.3 is 12.2 Å². The van der Waals surface area contributed by atoms with Gasteiger partial charge in [0.2, 0.25) is 5.91 Å². The third kappa shape index (κ3) is 11.5. The number of nitrogens with zero attached hydrogens (tertiary/aromatic N) is 4. The normalized spacial score (nSPS) is 16.6. The van der Waals surface area contributed by atoms with E-state index in [1.165, 1.54) is 14.7 Å². The number of halogens is 4. The summed E-state index contributed by atoms with van der Waals surface area (Å²) in [5, 5.41) is 2.43. The number of urea groups is 1. The second kappa shape index (κ2) is 17.7. The Hall–Kier alpha value is -3.91. The predicted molar refractivity (Wildman–Crippen MR) is 166 cm³/mol. The first kappa shape index (κ1) is 38.3. The zero-order valence-corrected chi connectivity index (χ0v) is 27.3. The Bertz CT molecular complexity index is 1280. The molecule has 0 bridgehead atoms. The number of rotatable bonds is 11. The maximum atomic E-state index is 14.4. The second-order valence-corrected chi connectivity index (χ2v) is 11.4. The van der Waals surface area contributed by atoms with E-state index in [9.17, 15) is 31.9 Å². The Kier molecular flexibility index (Phi) is 14.7. The van der Waals surface area contributed by atoms with Crippen molar-refractivity contribution >= 4 is 17.8 Å². The zero-order chi connectivity index (χ0) is 34.6. The van der Waals surface area contributed by atoms with Crippen LogP contribution in [-0.2, 0) is 20.4 Å². The average molecular weight is 656 g/mol. The largest absolute Gasteiger partial charge is 0.493 e. The van der Waals surface area contributed by atoms with E-state index in [1.807, 2.05) is 25.9 Å². The number of nitrogens with one attached hydrogen (secondary N) is 1. The van der Waals surface area contributed by atoms with Crippen LogP contribution in [0.4, 0.5) is 22.4 Å². The Morgan fingerprint density at radius 2 is 1.87 bits per heavy atom. The Morgan fingerprint density at radius 1 is 1.17 bits per heavy atom. The van der Waals surface area contributed by atoms with Crippen molar-refractivity contribution in [1.29, 1.82) is 0 Å². The molecule has 1 aliphatic rings. The first-order valence-corrected chi connectivity index (χ1v) is 14.9. The number of ether oxygens (including phenoxy) is 2. The van der Waals surface area contributed by atoms with Gasteiger partial charge in [-0.15, -0.1) is 0 Å². The molecule has 0 saturated carbocycles. The smallest absolute Gasteiger partial charge is 0.416 e. The van der Waals surface area contributed by atoms with E-state index in [4.69, 9.17) is 9.47 Å². The first-order valence-electron chi connectivity index (χ1n) is 14.9. The van der Waals surface area contributed by atoms with Crippen LogP contribution in [-0.4, -0.2) is 111 Å². The third-order valence-corrected chi connectivity index (χ3v) is 7.10. The van der Waals surface area contributed by atoms with Crippen LogP contribution >= 0.6 is 0 Å². The maximum Gasteiger partial charge on any atom is 0.416 e. The molecule has 0 radical (unpaired) electrons. The molecule has 1 aromatic carbocycles. The molecule has 1 atom stereocenters. The molecule has 0 spiro atoms. The van der Waals surface area contributed by atoms with Gasteiger partial charge in [0.1, 0.15) is 31.0 Å². The van der Waals surface area contributed by atoms with Crippen LogP contribution in [0.3, 0.4) is 0 Å². The van der Waals surface area contributed by atoms with Gasteiger partial charge in [-0.1, -0.05) is 20.4 Å². The van der Waals surface area contributed by atoms with Gasteiger partial charge in [-0.2, -0.15) is 13.2 Å². The predicted octanol–water partition coefficient (Wildman–Crippen LogP) is 4.71. The van der Waals surface area contributed by atoms with Crippen molar-refractivity contribution in [3.05, 3.63) is 71.4 Å². The molecule has 46 heavy (non-hydrogen) atoms. The van der Waals surface area contributed by atoms with E-state index in [0.29, 0.717) is 49.2 Å².